The Balaban J connectivity index is 1.68. The van der Waals surface area contributed by atoms with Crippen LogP contribution in [-0.2, 0) is 0 Å². The van der Waals surface area contributed by atoms with Crippen molar-refractivity contribution in [2.75, 3.05) is 13.9 Å². The van der Waals surface area contributed by atoms with Gasteiger partial charge in [-0.15, -0.1) is 0 Å². The smallest absolute Gasteiger partial charge is 0.231 e. The predicted molar refractivity (Wildman–Crippen MR) is 85.4 cm³/mol. The van der Waals surface area contributed by atoms with Crippen LogP contribution in [0.4, 0.5) is 0 Å². The number of methoxy groups -OCH3 is 1. The second-order valence-corrected chi connectivity index (χ2v) is 5.53. The predicted octanol–water partition coefficient (Wildman–Crippen LogP) is 2.77. The summed E-state index contributed by atoms with van der Waals surface area (Å²) in [6.07, 6.45) is 3.13. The molecule has 2 atom stereocenters. The maximum Gasteiger partial charge on any atom is 0.231 e. The van der Waals surface area contributed by atoms with Crippen molar-refractivity contribution in [1.29, 1.82) is 0 Å². The first-order chi connectivity index (χ1) is 11.3. The Labute approximate surface area is 134 Å². The number of benzene rings is 2. The molecule has 2 heterocycles. The van der Waals surface area contributed by atoms with E-state index in [4.69, 9.17) is 14.2 Å². The second-order valence-electron chi connectivity index (χ2n) is 5.53. The van der Waals surface area contributed by atoms with Gasteiger partial charge in [-0.2, -0.15) is 0 Å². The zero-order chi connectivity index (χ0) is 15.8. The Morgan fingerprint density at radius 2 is 1.91 bits per heavy atom. The van der Waals surface area contributed by atoms with Gasteiger partial charge in [0, 0.05) is 0 Å². The highest BCUT2D eigenvalue weighted by Crippen LogP contribution is 2.41. The monoisotopic (exact) mass is 311 g/mol. The largest absolute Gasteiger partial charge is 0.497 e. The molecule has 5 nitrogen and oxygen atoms in total. The van der Waals surface area contributed by atoms with Crippen LogP contribution in [0.15, 0.2) is 42.6 Å². The van der Waals surface area contributed by atoms with E-state index in [0.29, 0.717) is 5.75 Å². The molecule has 2 aromatic rings. The van der Waals surface area contributed by atoms with E-state index in [1.807, 2.05) is 48.7 Å². The van der Waals surface area contributed by atoms with Crippen molar-refractivity contribution in [3.05, 3.63) is 59.3 Å². The van der Waals surface area contributed by atoms with Crippen LogP contribution in [0.2, 0.25) is 0 Å². The molecule has 2 aliphatic rings. The van der Waals surface area contributed by atoms with Crippen LogP contribution in [0.25, 0.3) is 6.08 Å². The summed E-state index contributed by atoms with van der Waals surface area (Å²) in [5, 5.41) is 14.0. The van der Waals surface area contributed by atoms with Gasteiger partial charge in [-0.05, 0) is 53.2 Å². The van der Waals surface area contributed by atoms with E-state index in [1.54, 1.807) is 7.11 Å². The van der Waals surface area contributed by atoms with Gasteiger partial charge in [-0.3, -0.25) is 0 Å². The average molecular weight is 311 g/mol. The maximum atomic E-state index is 10.8. The van der Waals surface area contributed by atoms with Crippen molar-refractivity contribution in [1.82, 2.24) is 5.32 Å². The lowest BCUT2D eigenvalue weighted by molar-refractivity contribution is 0.134. The third-order valence-corrected chi connectivity index (χ3v) is 4.23. The molecule has 0 unspecified atom stereocenters. The Hall–Kier alpha value is -2.66. The lowest BCUT2D eigenvalue weighted by Crippen LogP contribution is -2.26. The SMILES string of the molecule is COc1ccc([C@@H](O)[C@H]2NC=Cc3cc4c(cc32)OCO4)cc1. The van der Waals surface area contributed by atoms with Gasteiger partial charge >= 0.3 is 0 Å². The van der Waals surface area contributed by atoms with Crippen LogP contribution in [0.5, 0.6) is 17.2 Å². The fourth-order valence-corrected chi connectivity index (χ4v) is 2.97. The number of aliphatic hydroxyl groups excluding tert-OH is 1. The third kappa shape index (κ3) is 2.39. The molecule has 0 bridgehead atoms. The number of ether oxygens (including phenoxy) is 3. The van der Waals surface area contributed by atoms with Crippen molar-refractivity contribution >= 4 is 6.08 Å². The normalized spacial score (nSPS) is 19.0. The van der Waals surface area contributed by atoms with Gasteiger partial charge in [0.15, 0.2) is 11.5 Å². The molecule has 5 heteroatoms. The standard InChI is InChI=1S/C18H17NO4/c1-21-13-4-2-11(3-5-13)18(20)17-14-9-16-15(22-10-23-16)8-12(14)6-7-19-17/h2-9,17-20H,10H2,1H3/t17-,18+/m0/s1. The number of aliphatic hydroxyl groups is 1. The maximum absolute atomic E-state index is 10.8. The van der Waals surface area contributed by atoms with Gasteiger partial charge in [0.05, 0.1) is 13.2 Å². The summed E-state index contributed by atoms with van der Waals surface area (Å²) in [4.78, 5) is 0. The van der Waals surface area contributed by atoms with Gasteiger partial charge in [-0.1, -0.05) is 12.1 Å². The molecule has 0 aliphatic carbocycles. The van der Waals surface area contributed by atoms with E-state index in [1.165, 1.54) is 0 Å². The Kier molecular flexibility index (Phi) is 3.35. The number of rotatable bonds is 3. The molecule has 4 rings (SSSR count). The third-order valence-electron chi connectivity index (χ3n) is 4.23. The lowest BCUT2D eigenvalue weighted by atomic mass is 9.90. The summed E-state index contributed by atoms with van der Waals surface area (Å²) in [5.74, 6) is 2.22. The number of hydrogen-bond acceptors (Lipinski definition) is 5. The molecule has 23 heavy (non-hydrogen) atoms. The fourth-order valence-electron chi connectivity index (χ4n) is 2.97. The molecule has 0 spiro atoms. The summed E-state index contributed by atoms with van der Waals surface area (Å²) in [6, 6.07) is 11.1. The molecule has 0 amide bonds. The fraction of sp³-hybridized carbons (Fsp3) is 0.222. The molecule has 0 radical (unpaired) electrons. The van der Waals surface area contributed by atoms with Crippen molar-refractivity contribution < 1.29 is 19.3 Å². The molecule has 2 aliphatic heterocycles. The van der Waals surface area contributed by atoms with Gasteiger partial charge in [0.25, 0.3) is 0 Å². The molecule has 2 aromatic carbocycles. The van der Waals surface area contributed by atoms with Crippen molar-refractivity contribution in [3.63, 3.8) is 0 Å². The van der Waals surface area contributed by atoms with Crippen LogP contribution in [0, 0.1) is 0 Å². The highest BCUT2D eigenvalue weighted by molar-refractivity contribution is 5.63. The molecule has 0 aromatic heterocycles. The zero-order valence-corrected chi connectivity index (χ0v) is 12.7. The van der Waals surface area contributed by atoms with E-state index in [-0.39, 0.29) is 12.8 Å². The molecule has 0 saturated heterocycles. The summed E-state index contributed by atoms with van der Waals surface area (Å²) >= 11 is 0. The van der Waals surface area contributed by atoms with Crippen LogP contribution in [0.3, 0.4) is 0 Å². The molecule has 2 N–H and O–H groups in total. The van der Waals surface area contributed by atoms with Gasteiger partial charge in [0.1, 0.15) is 11.9 Å². The highest BCUT2D eigenvalue weighted by Gasteiger charge is 2.28. The first-order valence-electron chi connectivity index (χ1n) is 7.44. The van der Waals surface area contributed by atoms with E-state index >= 15 is 0 Å². The molecular formula is C18H17NO4. The minimum atomic E-state index is -0.690. The summed E-state index contributed by atoms with van der Waals surface area (Å²) < 4.78 is 16.0. The quantitative estimate of drug-likeness (QED) is 0.913. The van der Waals surface area contributed by atoms with Crippen LogP contribution in [-0.4, -0.2) is 19.0 Å². The van der Waals surface area contributed by atoms with Crippen LogP contribution >= 0.6 is 0 Å². The summed E-state index contributed by atoms with van der Waals surface area (Å²) in [7, 11) is 1.62. The number of fused-ring (bicyclic) bond motifs is 2. The van der Waals surface area contributed by atoms with Crippen LogP contribution in [0.1, 0.15) is 28.8 Å². The van der Waals surface area contributed by atoms with Gasteiger partial charge < -0.3 is 24.6 Å². The highest BCUT2D eigenvalue weighted by atomic mass is 16.7. The van der Waals surface area contributed by atoms with Crippen LogP contribution < -0.4 is 19.5 Å². The van der Waals surface area contributed by atoms with Crippen molar-refractivity contribution in [3.8, 4) is 17.2 Å². The minimum Gasteiger partial charge on any atom is -0.497 e. The van der Waals surface area contributed by atoms with E-state index in [0.717, 1.165) is 28.2 Å². The van der Waals surface area contributed by atoms with E-state index in [2.05, 4.69) is 5.32 Å². The lowest BCUT2D eigenvalue weighted by Gasteiger charge is -2.28. The van der Waals surface area contributed by atoms with E-state index in [9.17, 15) is 5.11 Å². The molecule has 0 saturated carbocycles. The average Bonchev–Trinajstić information content (AvgIpc) is 3.06. The first kappa shape index (κ1) is 14.0. The summed E-state index contributed by atoms with van der Waals surface area (Å²) in [5.41, 5.74) is 2.83. The molecular weight excluding hydrogens is 294 g/mol. The number of nitrogens with one attached hydrogen (secondary N) is 1. The van der Waals surface area contributed by atoms with E-state index < -0.39 is 6.10 Å². The van der Waals surface area contributed by atoms with Gasteiger partial charge in [-0.25, -0.2) is 0 Å². The Morgan fingerprint density at radius 3 is 2.65 bits per heavy atom. The topological polar surface area (TPSA) is 60.0 Å². The zero-order valence-electron chi connectivity index (χ0n) is 12.7. The Morgan fingerprint density at radius 1 is 1.17 bits per heavy atom. The number of hydrogen-bond donors (Lipinski definition) is 2. The second kappa shape index (κ2) is 5.52. The minimum absolute atomic E-state index is 0.237. The van der Waals surface area contributed by atoms with Crippen molar-refractivity contribution in [2.45, 2.75) is 12.1 Å². The van der Waals surface area contributed by atoms with Gasteiger partial charge in [0.2, 0.25) is 6.79 Å². The Bertz CT molecular complexity index is 754. The molecule has 0 fully saturated rings. The van der Waals surface area contributed by atoms with Crippen molar-refractivity contribution in [2.24, 2.45) is 0 Å². The first-order valence-corrected chi connectivity index (χ1v) is 7.44. The molecule has 118 valence electrons. The summed E-state index contributed by atoms with van der Waals surface area (Å²) in [6.45, 7) is 0.237.